The second-order valence-corrected chi connectivity index (χ2v) is 9.48. The smallest absolute Gasteiger partial charge is 0.261 e. The number of benzene rings is 1. The van der Waals surface area contributed by atoms with Crippen molar-refractivity contribution in [3.05, 3.63) is 40.4 Å². The van der Waals surface area contributed by atoms with Gasteiger partial charge in [-0.3, -0.25) is 19.0 Å². The van der Waals surface area contributed by atoms with E-state index in [1.807, 2.05) is 29.2 Å². The Balaban J connectivity index is 1.35. The highest BCUT2D eigenvalue weighted by Crippen LogP contribution is 2.35. The van der Waals surface area contributed by atoms with Gasteiger partial charge in [0.15, 0.2) is 0 Å². The normalized spacial score (nSPS) is 18.5. The van der Waals surface area contributed by atoms with Crippen LogP contribution < -0.4 is 10.9 Å². The minimum Gasteiger partial charge on any atom is -0.356 e. The quantitative estimate of drug-likeness (QED) is 0.558. The zero-order valence-electron chi connectivity index (χ0n) is 19.7. The second kappa shape index (κ2) is 10.9. The van der Waals surface area contributed by atoms with Gasteiger partial charge in [-0.1, -0.05) is 38.3 Å². The Labute approximate surface area is 195 Å². The minimum atomic E-state index is -0.127. The van der Waals surface area contributed by atoms with Crippen LogP contribution in [0, 0.1) is 5.92 Å². The number of rotatable bonds is 10. The van der Waals surface area contributed by atoms with Crippen LogP contribution >= 0.6 is 0 Å². The topological polar surface area (TPSA) is 84.3 Å². The molecular formula is C26H36N4O3. The summed E-state index contributed by atoms with van der Waals surface area (Å²) in [5.41, 5.74) is 0.690. The van der Waals surface area contributed by atoms with Crippen molar-refractivity contribution >= 4 is 22.7 Å². The summed E-state index contributed by atoms with van der Waals surface area (Å²) < 4.78 is 1.81. The van der Waals surface area contributed by atoms with Gasteiger partial charge in [0.05, 0.1) is 16.8 Å². The Morgan fingerprint density at radius 3 is 2.73 bits per heavy atom. The molecule has 2 aliphatic rings. The van der Waals surface area contributed by atoms with E-state index < -0.39 is 0 Å². The van der Waals surface area contributed by atoms with Crippen LogP contribution in [0.2, 0.25) is 0 Å². The van der Waals surface area contributed by atoms with Crippen molar-refractivity contribution in [2.24, 2.45) is 5.92 Å². The first-order valence-electron chi connectivity index (χ1n) is 12.6. The third-order valence-electron chi connectivity index (χ3n) is 6.83. The lowest BCUT2D eigenvalue weighted by atomic mass is 9.96. The molecule has 2 heterocycles. The number of carbonyl (C=O) groups is 2. The average Bonchev–Trinajstić information content (AvgIpc) is 3.67. The van der Waals surface area contributed by atoms with Crippen LogP contribution in [0.5, 0.6) is 0 Å². The van der Waals surface area contributed by atoms with Crippen LogP contribution in [0.15, 0.2) is 29.1 Å². The summed E-state index contributed by atoms with van der Waals surface area (Å²) in [7, 11) is 0. The van der Waals surface area contributed by atoms with Crippen molar-refractivity contribution in [1.29, 1.82) is 0 Å². The van der Waals surface area contributed by atoms with E-state index in [9.17, 15) is 14.4 Å². The van der Waals surface area contributed by atoms with Gasteiger partial charge < -0.3 is 10.2 Å². The largest absolute Gasteiger partial charge is 0.356 e. The summed E-state index contributed by atoms with van der Waals surface area (Å²) in [5, 5.41) is 3.69. The van der Waals surface area contributed by atoms with Gasteiger partial charge in [0.2, 0.25) is 11.8 Å². The molecule has 1 atom stereocenters. The standard InChI is InChI=1S/C26H36N4O3/c1-2-3-4-7-16-27-25(32)19-9-8-17-29(18-19)24(31)15-14-23-28-22-11-6-5-10-21(22)26(33)30(23)20-12-13-20/h5-6,10-11,19-20H,2-4,7-9,12-18H2,1H3,(H,27,32). The van der Waals surface area contributed by atoms with E-state index in [0.717, 1.165) is 45.1 Å². The predicted octanol–water partition coefficient (Wildman–Crippen LogP) is 3.60. The van der Waals surface area contributed by atoms with Crippen LogP contribution in [0.3, 0.4) is 0 Å². The maximum atomic E-state index is 13.0. The van der Waals surface area contributed by atoms with Crippen LogP contribution in [-0.4, -0.2) is 45.9 Å². The van der Waals surface area contributed by atoms with Crippen LogP contribution in [-0.2, 0) is 16.0 Å². The zero-order valence-corrected chi connectivity index (χ0v) is 19.7. The molecule has 1 aromatic carbocycles. The number of nitrogens with zero attached hydrogens (tertiary/aromatic N) is 3. The van der Waals surface area contributed by atoms with E-state index in [4.69, 9.17) is 4.98 Å². The number of unbranched alkanes of at least 4 members (excludes halogenated alkanes) is 3. The van der Waals surface area contributed by atoms with Gasteiger partial charge >= 0.3 is 0 Å². The fourth-order valence-corrected chi connectivity index (χ4v) is 4.78. The number of hydrogen-bond donors (Lipinski definition) is 1. The predicted molar refractivity (Wildman–Crippen MR) is 129 cm³/mol. The molecule has 2 aromatic rings. The third kappa shape index (κ3) is 5.81. The first kappa shape index (κ1) is 23.5. The minimum absolute atomic E-state index is 0.000747. The van der Waals surface area contributed by atoms with Gasteiger partial charge in [-0.15, -0.1) is 0 Å². The lowest BCUT2D eigenvalue weighted by Crippen LogP contribution is -2.45. The molecule has 33 heavy (non-hydrogen) atoms. The highest BCUT2D eigenvalue weighted by atomic mass is 16.2. The van der Waals surface area contributed by atoms with E-state index in [2.05, 4.69) is 12.2 Å². The summed E-state index contributed by atoms with van der Waals surface area (Å²) in [6.45, 7) is 4.07. The number of fused-ring (bicyclic) bond motifs is 1. The molecule has 0 spiro atoms. The van der Waals surface area contributed by atoms with Gasteiger partial charge in [-0.25, -0.2) is 4.98 Å². The monoisotopic (exact) mass is 452 g/mol. The number of amides is 2. The van der Waals surface area contributed by atoms with Crippen LogP contribution in [0.25, 0.3) is 10.9 Å². The number of likely N-dealkylation sites (tertiary alicyclic amines) is 1. The van der Waals surface area contributed by atoms with E-state index in [0.29, 0.717) is 42.7 Å². The van der Waals surface area contributed by atoms with Gasteiger partial charge in [0.25, 0.3) is 5.56 Å². The molecule has 1 aliphatic heterocycles. The second-order valence-electron chi connectivity index (χ2n) is 9.48. The van der Waals surface area contributed by atoms with E-state index in [-0.39, 0.29) is 29.3 Å². The molecule has 0 bridgehead atoms. The van der Waals surface area contributed by atoms with Crippen molar-refractivity contribution in [2.75, 3.05) is 19.6 Å². The maximum Gasteiger partial charge on any atom is 0.261 e. The number of piperidine rings is 1. The number of aromatic nitrogens is 2. The molecule has 1 aliphatic carbocycles. The van der Waals surface area contributed by atoms with Gasteiger partial charge in [0.1, 0.15) is 5.82 Å². The van der Waals surface area contributed by atoms with Gasteiger partial charge in [-0.05, 0) is 44.2 Å². The molecule has 4 rings (SSSR count). The van der Waals surface area contributed by atoms with Gasteiger partial charge in [0, 0.05) is 38.5 Å². The van der Waals surface area contributed by atoms with Crippen molar-refractivity contribution < 1.29 is 9.59 Å². The Bertz CT molecular complexity index is 1040. The van der Waals surface area contributed by atoms with Crippen LogP contribution in [0.1, 0.15) is 76.6 Å². The molecule has 2 amide bonds. The summed E-state index contributed by atoms with van der Waals surface area (Å²) in [5.74, 6) is 0.688. The molecular weight excluding hydrogens is 416 g/mol. The summed E-state index contributed by atoms with van der Waals surface area (Å²) in [6.07, 6.45) is 8.94. The Hall–Kier alpha value is -2.70. The molecule has 7 heteroatoms. The Kier molecular flexibility index (Phi) is 7.78. The molecule has 1 aromatic heterocycles. The number of para-hydroxylation sites is 1. The highest BCUT2D eigenvalue weighted by Gasteiger charge is 2.30. The summed E-state index contributed by atoms with van der Waals surface area (Å²) >= 11 is 0. The fraction of sp³-hybridized carbons (Fsp3) is 0.615. The first-order valence-corrected chi connectivity index (χ1v) is 12.6. The lowest BCUT2D eigenvalue weighted by Gasteiger charge is -2.32. The van der Waals surface area contributed by atoms with Gasteiger partial charge in [-0.2, -0.15) is 0 Å². The Morgan fingerprint density at radius 1 is 1.12 bits per heavy atom. The van der Waals surface area contributed by atoms with Crippen molar-refractivity contribution in [2.45, 2.75) is 77.2 Å². The van der Waals surface area contributed by atoms with Crippen molar-refractivity contribution in [1.82, 2.24) is 19.8 Å². The number of hydrogen-bond acceptors (Lipinski definition) is 4. The molecule has 2 fully saturated rings. The SMILES string of the molecule is CCCCCCNC(=O)C1CCCN(C(=O)CCc2nc3ccccc3c(=O)n2C2CC2)C1. The summed E-state index contributed by atoms with van der Waals surface area (Å²) in [6, 6.07) is 7.63. The first-order chi connectivity index (χ1) is 16.1. The molecule has 1 saturated carbocycles. The number of carbonyl (C=O) groups excluding carboxylic acids is 2. The fourth-order valence-electron chi connectivity index (χ4n) is 4.78. The zero-order chi connectivity index (χ0) is 23.2. The number of aryl methyl sites for hydroxylation is 1. The van der Waals surface area contributed by atoms with E-state index in [1.54, 1.807) is 4.57 Å². The van der Waals surface area contributed by atoms with E-state index >= 15 is 0 Å². The van der Waals surface area contributed by atoms with E-state index in [1.165, 1.54) is 12.8 Å². The molecule has 1 N–H and O–H groups in total. The molecule has 1 unspecified atom stereocenters. The molecule has 1 saturated heterocycles. The van der Waals surface area contributed by atoms with Crippen molar-refractivity contribution in [3.63, 3.8) is 0 Å². The molecule has 178 valence electrons. The van der Waals surface area contributed by atoms with Crippen LogP contribution in [0.4, 0.5) is 0 Å². The average molecular weight is 453 g/mol. The maximum absolute atomic E-state index is 13.0. The highest BCUT2D eigenvalue weighted by molar-refractivity contribution is 5.81. The third-order valence-corrected chi connectivity index (χ3v) is 6.83. The molecule has 0 radical (unpaired) electrons. The Morgan fingerprint density at radius 2 is 1.94 bits per heavy atom. The van der Waals surface area contributed by atoms with Crippen molar-refractivity contribution in [3.8, 4) is 0 Å². The number of nitrogens with one attached hydrogen (secondary N) is 1. The summed E-state index contributed by atoms with van der Waals surface area (Å²) in [4.78, 5) is 45.2. The lowest BCUT2D eigenvalue weighted by molar-refractivity contribution is -0.135. The molecule has 7 nitrogen and oxygen atoms in total.